The Bertz CT molecular complexity index is 433. The van der Waals surface area contributed by atoms with Gasteiger partial charge in [-0.25, -0.2) is 8.42 Å². The number of aliphatic hydroxyl groups is 1. The molecular formula is C9H16N2O4S. The molecule has 0 aromatic carbocycles. The minimum Gasteiger partial charge on any atom is -0.395 e. The van der Waals surface area contributed by atoms with Gasteiger partial charge in [-0.05, 0) is 13.8 Å². The topological polar surface area (TPSA) is 83.6 Å². The first-order chi connectivity index (χ1) is 7.45. The summed E-state index contributed by atoms with van der Waals surface area (Å²) in [4.78, 5) is 0.0998. The van der Waals surface area contributed by atoms with E-state index in [1.807, 2.05) is 0 Å². The maximum absolute atomic E-state index is 12.2. The van der Waals surface area contributed by atoms with Crippen molar-refractivity contribution in [2.45, 2.75) is 25.7 Å². The second-order valence-corrected chi connectivity index (χ2v) is 5.25. The van der Waals surface area contributed by atoms with Gasteiger partial charge >= 0.3 is 0 Å². The molecule has 7 heteroatoms. The Hall–Kier alpha value is -0.920. The number of hydrogen-bond donors (Lipinski definition) is 1. The molecule has 0 aliphatic heterocycles. The van der Waals surface area contributed by atoms with Gasteiger partial charge in [-0.15, -0.1) is 0 Å². The second-order valence-electron chi connectivity index (χ2n) is 3.37. The molecule has 0 unspecified atom stereocenters. The standard InChI is InChI=1S/C9H16N2O4S/c1-4-11(5-6-12)16(13,14)9-7(2)10-15-8(9)3/h12H,4-6H2,1-3H3. The molecule has 1 aromatic rings. The molecule has 0 saturated heterocycles. The third-order valence-electron chi connectivity index (χ3n) is 2.27. The Labute approximate surface area is 94.9 Å². The van der Waals surface area contributed by atoms with Crippen molar-refractivity contribution in [3.05, 3.63) is 11.5 Å². The number of nitrogens with zero attached hydrogens (tertiary/aromatic N) is 2. The zero-order chi connectivity index (χ0) is 12.3. The number of likely N-dealkylation sites (N-methyl/N-ethyl adjacent to an activating group) is 1. The Morgan fingerprint density at radius 2 is 2.06 bits per heavy atom. The minimum atomic E-state index is -3.61. The Morgan fingerprint density at radius 1 is 1.44 bits per heavy atom. The lowest BCUT2D eigenvalue weighted by molar-refractivity contribution is 0.257. The van der Waals surface area contributed by atoms with Crippen LogP contribution in [0.15, 0.2) is 9.42 Å². The van der Waals surface area contributed by atoms with Gasteiger partial charge in [-0.1, -0.05) is 12.1 Å². The van der Waals surface area contributed by atoms with Crippen molar-refractivity contribution in [2.75, 3.05) is 19.7 Å². The van der Waals surface area contributed by atoms with Crippen LogP contribution in [0.25, 0.3) is 0 Å². The molecule has 0 aliphatic carbocycles. The van der Waals surface area contributed by atoms with Crippen LogP contribution < -0.4 is 0 Å². The molecule has 92 valence electrons. The van der Waals surface area contributed by atoms with E-state index in [0.717, 1.165) is 0 Å². The Kier molecular flexibility index (Phi) is 4.06. The lowest BCUT2D eigenvalue weighted by Gasteiger charge is -2.18. The highest BCUT2D eigenvalue weighted by Crippen LogP contribution is 2.22. The van der Waals surface area contributed by atoms with E-state index in [4.69, 9.17) is 9.63 Å². The SMILES string of the molecule is CCN(CCO)S(=O)(=O)c1c(C)noc1C. The third kappa shape index (κ3) is 2.26. The summed E-state index contributed by atoms with van der Waals surface area (Å²) in [6.07, 6.45) is 0. The van der Waals surface area contributed by atoms with Crippen LogP contribution in [-0.4, -0.2) is 42.7 Å². The van der Waals surface area contributed by atoms with E-state index in [2.05, 4.69) is 5.16 Å². The van der Waals surface area contributed by atoms with Crippen LogP contribution in [-0.2, 0) is 10.0 Å². The molecule has 1 N–H and O–H groups in total. The lowest BCUT2D eigenvalue weighted by Crippen LogP contribution is -2.33. The predicted octanol–water partition coefficient (Wildman–Crippen LogP) is 0.294. The molecule has 1 aromatic heterocycles. The molecule has 0 spiro atoms. The summed E-state index contributed by atoms with van der Waals surface area (Å²) in [6.45, 7) is 5.01. The number of aliphatic hydroxyl groups excluding tert-OH is 1. The van der Waals surface area contributed by atoms with Crippen molar-refractivity contribution in [2.24, 2.45) is 0 Å². The molecule has 0 atom stereocenters. The highest BCUT2D eigenvalue weighted by Gasteiger charge is 2.29. The molecule has 0 fully saturated rings. The van der Waals surface area contributed by atoms with Gasteiger partial charge in [0.25, 0.3) is 0 Å². The van der Waals surface area contributed by atoms with E-state index >= 15 is 0 Å². The molecule has 6 nitrogen and oxygen atoms in total. The van der Waals surface area contributed by atoms with Gasteiger partial charge < -0.3 is 9.63 Å². The first kappa shape index (κ1) is 13.1. The van der Waals surface area contributed by atoms with E-state index in [1.54, 1.807) is 20.8 Å². The number of rotatable bonds is 5. The van der Waals surface area contributed by atoms with E-state index < -0.39 is 10.0 Å². The summed E-state index contributed by atoms with van der Waals surface area (Å²) in [5, 5.41) is 12.4. The van der Waals surface area contributed by atoms with Gasteiger partial charge in [0.15, 0.2) is 5.76 Å². The van der Waals surface area contributed by atoms with E-state index in [9.17, 15) is 8.42 Å². The second kappa shape index (κ2) is 4.94. The normalized spacial score (nSPS) is 12.3. The van der Waals surface area contributed by atoms with Crippen molar-refractivity contribution in [3.8, 4) is 0 Å². The highest BCUT2D eigenvalue weighted by molar-refractivity contribution is 7.89. The van der Waals surface area contributed by atoms with Gasteiger partial charge in [0.05, 0.1) is 6.61 Å². The van der Waals surface area contributed by atoms with Crippen molar-refractivity contribution in [1.82, 2.24) is 9.46 Å². The molecular weight excluding hydrogens is 232 g/mol. The fourth-order valence-corrected chi connectivity index (χ4v) is 3.26. The van der Waals surface area contributed by atoms with E-state index in [1.165, 1.54) is 4.31 Å². The number of sulfonamides is 1. The monoisotopic (exact) mass is 248 g/mol. The van der Waals surface area contributed by atoms with Crippen LogP contribution >= 0.6 is 0 Å². The van der Waals surface area contributed by atoms with E-state index in [-0.39, 0.29) is 23.8 Å². The van der Waals surface area contributed by atoms with Crippen LogP contribution in [0, 0.1) is 13.8 Å². The summed E-state index contributed by atoms with van der Waals surface area (Å²) in [5.41, 5.74) is 0.342. The number of aryl methyl sites for hydroxylation is 2. The molecule has 1 heterocycles. The number of aromatic nitrogens is 1. The van der Waals surface area contributed by atoms with Gasteiger partial charge in [0, 0.05) is 13.1 Å². The zero-order valence-electron chi connectivity index (χ0n) is 9.60. The first-order valence-electron chi connectivity index (χ1n) is 4.99. The van der Waals surface area contributed by atoms with Crippen molar-refractivity contribution in [3.63, 3.8) is 0 Å². The van der Waals surface area contributed by atoms with Crippen LogP contribution in [0.3, 0.4) is 0 Å². The summed E-state index contributed by atoms with van der Waals surface area (Å²) < 4.78 is 30.4. The molecule has 0 aliphatic rings. The quantitative estimate of drug-likeness (QED) is 0.810. The summed E-state index contributed by atoms with van der Waals surface area (Å²) in [5.74, 6) is 0.272. The predicted molar refractivity (Wildman–Crippen MR) is 57.5 cm³/mol. The van der Waals surface area contributed by atoms with Gasteiger partial charge in [0.2, 0.25) is 10.0 Å². The largest absolute Gasteiger partial charge is 0.395 e. The van der Waals surface area contributed by atoms with Crippen molar-refractivity contribution < 1.29 is 18.0 Å². The van der Waals surface area contributed by atoms with Crippen LogP contribution in [0.1, 0.15) is 18.4 Å². The van der Waals surface area contributed by atoms with Crippen molar-refractivity contribution in [1.29, 1.82) is 0 Å². The average Bonchev–Trinajstić information content (AvgIpc) is 2.55. The summed E-state index contributed by atoms with van der Waals surface area (Å²) in [6, 6.07) is 0. The maximum atomic E-state index is 12.2. The van der Waals surface area contributed by atoms with Crippen molar-refractivity contribution >= 4 is 10.0 Å². The molecule has 16 heavy (non-hydrogen) atoms. The van der Waals surface area contributed by atoms with E-state index in [0.29, 0.717) is 12.2 Å². The molecule has 1 rings (SSSR count). The van der Waals surface area contributed by atoms with Gasteiger partial charge in [-0.2, -0.15) is 4.31 Å². The Balaban J connectivity index is 3.20. The van der Waals surface area contributed by atoms with Crippen LogP contribution in [0.5, 0.6) is 0 Å². The fourth-order valence-electron chi connectivity index (χ4n) is 1.53. The Morgan fingerprint density at radius 3 is 2.44 bits per heavy atom. The van der Waals surface area contributed by atoms with Crippen LogP contribution in [0.2, 0.25) is 0 Å². The molecule has 0 saturated carbocycles. The maximum Gasteiger partial charge on any atom is 0.248 e. The summed E-state index contributed by atoms with van der Waals surface area (Å²) in [7, 11) is -3.61. The molecule has 0 radical (unpaired) electrons. The average molecular weight is 248 g/mol. The zero-order valence-corrected chi connectivity index (χ0v) is 10.4. The first-order valence-corrected chi connectivity index (χ1v) is 6.43. The fraction of sp³-hybridized carbons (Fsp3) is 0.667. The third-order valence-corrected chi connectivity index (χ3v) is 4.49. The van der Waals surface area contributed by atoms with Gasteiger partial charge in [0.1, 0.15) is 10.6 Å². The minimum absolute atomic E-state index is 0.0723. The highest BCUT2D eigenvalue weighted by atomic mass is 32.2. The van der Waals surface area contributed by atoms with Crippen LogP contribution in [0.4, 0.5) is 0 Å². The molecule has 0 amide bonds. The molecule has 0 bridgehead atoms. The van der Waals surface area contributed by atoms with Gasteiger partial charge in [-0.3, -0.25) is 0 Å². The lowest BCUT2D eigenvalue weighted by atomic mass is 10.4. The summed E-state index contributed by atoms with van der Waals surface area (Å²) >= 11 is 0. The smallest absolute Gasteiger partial charge is 0.248 e. The number of hydrogen-bond acceptors (Lipinski definition) is 5.